The van der Waals surface area contributed by atoms with Gasteiger partial charge in [0.15, 0.2) is 0 Å². The predicted octanol–water partition coefficient (Wildman–Crippen LogP) is 5.80. The van der Waals surface area contributed by atoms with Crippen LogP contribution >= 0.6 is 11.5 Å². The Balaban J connectivity index is 1.70. The Morgan fingerprint density at radius 3 is 2.13 bits per heavy atom. The number of benzene rings is 3. The Morgan fingerprint density at radius 2 is 1.48 bits per heavy atom. The largest absolute Gasteiger partial charge is 0.457 e. The van der Waals surface area contributed by atoms with Crippen molar-refractivity contribution in [2.75, 3.05) is 0 Å². The minimum Gasteiger partial charge on any atom is -0.457 e. The van der Waals surface area contributed by atoms with Crippen LogP contribution in [0.4, 0.5) is 5.69 Å². The van der Waals surface area contributed by atoms with Crippen LogP contribution in [0.1, 0.15) is 32.7 Å². The minimum atomic E-state index is -0.352. The summed E-state index contributed by atoms with van der Waals surface area (Å²) in [4.78, 5) is 17.9. The number of rotatable bonds is 6. The predicted molar refractivity (Wildman–Crippen MR) is 125 cm³/mol. The van der Waals surface area contributed by atoms with Crippen LogP contribution in [-0.4, -0.2) is 9.93 Å². The summed E-state index contributed by atoms with van der Waals surface area (Å²) >= 11 is 1.48. The fourth-order valence-electron chi connectivity index (χ4n) is 3.24. The van der Waals surface area contributed by atoms with Crippen molar-refractivity contribution in [2.24, 2.45) is 4.99 Å². The number of aryl methyl sites for hydroxylation is 1. The van der Waals surface area contributed by atoms with Crippen LogP contribution in [0.5, 0.6) is 0 Å². The van der Waals surface area contributed by atoms with E-state index in [1.807, 2.05) is 86.6 Å². The van der Waals surface area contributed by atoms with Crippen molar-refractivity contribution in [3.63, 3.8) is 0 Å². The van der Waals surface area contributed by atoms with E-state index in [0.717, 1.165) is 16.9 Å². The highest BCUT2D eigenvalue weighted by Gasteiger charge is 2.20. The van der Waals surface area contributed by atoms with E-state index in [2.05, 4.69) is 16.1 Å². The van der Waals surface area contributed by atoms with Crippen LogP contribution in [0.25, 0.3) is 0 Å². The molecule has 156 valence electrons. The molecule has 1 heterocycles. The van der Waals surface area contributed by atoms with Gasteiger partial charge in [-0.2, -0.15) is 0 Å². The lowest BCUT2D eigenvalue weighted by atomic mass is 10.2. The molecule has 0 atom stereocenters. The molecule has 0 spiro atoms. The lowest BCUT2D eigenvalue weighted by Gasteiger charge is -2.07. The fraction of sp³-hybridized carbons (Fsp3) is 0.154. The van der Waals surface area contributed by atoms with Crippen molar-refractivity contribution in [1.82, 2.24) is 3.96 Å². The maximum atomic E-state index is 13.1. The molecule has 0 aliphatic carbocycles. The van der Waals surface area contributed by atoms with Crippen molar-refractivity contribution in [2.45, 2.75) is 27.0 Å². The van der Waals surface area contributed by atoms with Crippen LogP contribution in [0.3, 0.4) is 0 Å². The number of nitrogens with zero attached hydrogens (tertiary/aromatic N) is 2. The maximum Gasteiger partial charge on any atom is 0.343 e. The van der Waals surface area contributed by atoms with Gasteiger partial charge in [0.25, 0.3) is 0 Å². The molecule has 0 bridgehead atoms. The van der Waals surface area contributed by atoms with Crippen molar-refractivity contribution in [3.8, 4) is 0 Å². The third-order valence-corrected chi connectivity index (χ3v) is 6.09. The molecule has 4 nitrogen and oxygen atoms in total. The molecule has 0 radical (unpaired) electrons. The molecule has 0 aliphatic rings. The van der Waals surface area contributed by atoms with Gasteiger partial charge < -0.3 is 4.74 Å². The molecule has 0 saturated carbocycles. The van der Waals surface area contributed by atoms with E-state index in [0.29, 0.717) is 16.8 Å². The number of aromatic nitrogens is 1. The highest BCUT2D eigenvalue weighted by atomic mass is 32.1. The molecule has 31 heavy (non-hydrogen) atoms. The van der Waals surface area contributed by atoms with E-state index in [-0.39, 0.29) is 12.6 Å². The zero-order valence-electron chi connectivity index (χ0n) is 17.6. The molecular weight excluding hydrogens is 404 g/mol. The molecule has 4 rings (SSSR count). The molecule has 0 amide bonds. The van der Waals surface area contributed by atoms with E-state index >= 15 is 0 Å². The standard InChI is InChI=1S/C26H24N2O2S/c1-19-13-15-23(16-14-19)27-25-24(26(29)30-18-22-11-7-4-8-12-22)20(2)28(31-25)17-21-9-5-3-6-10-21/h3-16H,17-18H2,1-2H3. The van der Waals surface area contributed by atoms with E-state index in [1.54, 1.807) is 0 Å². The molecule has 0 aliphatic heterocycles. The van der Waals surface area contributed by atoms with Crippen LogP contribution in [0.15, 0.2) is 89.9 Å². The van der Waals surface area contributed by atoms with Gasteiger partial charge in [0.05, 0.1) is 12.2 Å². The van der Waals surface area contributed by atoms with E-state index in [9.17, 15) is 4.79 Å². The molecule has 0 N–H and O–H groups in total. The van der Waals surface area contributed by atoms with Crippen molar-refractivity contribution < 1.29 is 9.53 Å². The first kappa shape index (κ1) is 20.8. The van der Waals surface area contributed by atoms with Gasteiger partial charge in [0.1, 0.15) is 16.8 Å². The molecule has 5 heteroatoms. The molecule has 0 unspecified atom stereocenters. The molecule has 0 fully saturated rings. The summed E-state index contributed by atoms with van der Waals surface area (Å²) in [5.41, 5.74) is 5.50. The second-order valence-corrected chi connectivity index (χ2v) is 8.40. The quantitative estimate of drug-likeness (QED) is 0.364. The highest BCUT2D eigenvalue weighted by molar-refractivity contribution is 7.04. The summed E-state index contributed by atoms with van der Waals surface area (Å²) in [5.74, 6) is -0.352. The third kappa shape index (κ3) is 5.19. The average molecular weight is 429 g/mol. The summed E-state index contributed by atoms with van der Waals surface area (Å²) in [6, 6.07) is 27.9. The van der Waals surface area contributed by atoms with Gasteiger partial charge in [0.2, 0.25) is 0 Å². The first-order chi connectivity index (χ1) is 15.1. The van der Waals surface area contributed by atoms with Crippen LogP contribution < -0.4 is 4.67 Å². The Hall–Kier alpha value is -3.44. The molecule has 1 aromatic heterocycles. The fourth-order valence-corrected chi connectivity index (χ4v) is 4.36. The third-order valence-electron chi connectivity index (χ3n) is 5.00. The maximum absolute atomic E-state index is 13.1. The number of hydrogen-bond acceptors (Lipinski definition) is 4. The van der Waals surface area contributed by atoms with Crippen molar-refractivity contribution in [3.05, 3.63) is 118 Å². The summed E-state index contributed by atoms with van der Waals surface area (Å²) in [6.07, 6.45) is 0. The smallest absolute Gasteiger partial charge is 0.343 e. The Kier molecular flexibility index (Phi) is 6.43. The molecule has 0 saturated heterocycles. The Labute approximate surface area is 186 Å². The number of esters is 1. The Morgan fingerprint density at radius 1 is 0.871 bits per heavy atom. The summed E-state index contributed by atoms with van der Waals surface area (Å²) in [5, 5.41) is 0. The molecular formula is C26H24N2O2S. The topological polar surface area (TPSA) is 43.6 Å². The molecule has 4 aromatic rings. The van der Waals surface area contributed by atoms with Gasteiger partial charge in [-0.3, -0.25) is 3.96 Å². The number of hydrogen-bond donors (Lipinski definition) is 0. The van der Waals surface area contributed by atoms with Crippen LogP contribution in [-0.2, 0) is 17.9 Å². The summed E-state index contributed by atoms with van der Waals surface area (Å²) < 4.78 is 8.41. The first-order valence-electron chi connectivity index (χ1n) is 10.2. The van der Waals surface area contributed by atoms with E-state index in [4.69, 9.17) is 9.73 Å². The van der Waals surface area contributed by atoms with E-state index < -0.39 is 0 Å². The van der Waals surface area contributed by atoms with E-state index in [1.165, 1.54) is 22.7 Å². The minimum absolute atomic E-state index is 0.234. The van der Waals surface area contributed by atoms with Crippen molar-refractivity contribution in [1.29, 1.82) is 0 Å². The van der Waals surface area contributed by atoms with Gasteiger partial charge in [-0.1, -0.05) is 78.4 Å². The van der Waals surface area contributed by atoms with Gasteiger partial charge >= 0.3 is 5.97 Å². The SMILES string of the molecule is Cc1ccc(N=c2sn(Cc3ccccc3)c(C)c2C(=O)OCc2ccccc2)cc1. The lowest BCUT2D eigenvalue weighted by molar-refractivity contribution is 0.0470. The van der Waals surface area contributed by atoms with Gasteiger partial charge in [-0.25, -0.2) is 9.79 Å². The van der Waals surface area contributed by atoms with Crippen molar-refractivity contribution >= 4 is 23.2 Å². The Bertz CT molecular complexity index is 1220. The van der Waals surface area contributed by atoms with Crippen LogP contribution in [0.2, 0.25) is 0 Å². The zero-order valence-corrected chi connectivity index (χ0v) is 18.4. The monoisotopic (exact) mass is 428 g/mol. The zero-order chi connectivity index (χ0) is 21.6. The second-order valence-electron chi connectivity index (χ2n) is 7.39. The number of ether oxygens (including phenoxy) is 1. The van der Waals surface area contributed by atoms with Gasteiger partial charge in [-0.05, 0) is 48.6 Å². The summed E-state index contributed by atoms with van der Waals surface area (Å²) in [7, 11) is 0. The van der Waals surface area contributed by atoms with Gasteiger partial charge in [-0.15, -0.1) is 0 Å². The average Bonchev–Trinajstić information content (AvgIpc) is 3.09. The lowest BCUT2D eigenvalue weighted by Crippen LogP contribution is -2.15. The molecule has 3 aromatic carbocycles. The number of carbonyl (C=O) groups excluding carboxylic acids is 1. The second kappa shape index (κ2) is 9.58. The van der Waals surface area contributed by atoms with Gasteiger partial charge in [0, 0.05) is 5.69 Å². The normalized spacial score (nSPS) is 11.5. The van der Waals surface area contributed by atoms with Crippen LogP contribution in [0, 0.1) is 13.8 Å². The summed E-state index contributed by atoms with van der Waals surface area (Å²) in [6.45, 7) is 4.91. The first-order valence-corrected chi connectivity index (χ1v) is 10.9. The number of carbonyl (C=O) groups is 1. The highest BCUT2D eigenvalue weighted by Crippen LogP contribution is 2.18.